The Kier molecular flexibility index (Phi) is 4.16. The molecule has 3 aliphatic carbocycles. The Morgan fingerprint density at radius 3 is 2.50 bits per heavy atom. The lowest BCUT2D eigenvalue weighted by Gasteiger charge is -2.44. The zero-order valence-electron chi connectivity index (χ0n) is 15.0. The smallest absolute Gasteiger partial charge is 0.221 e. The Morgan fingerprint density at radius 2 is 1.96 bits per heavy atom. The van der Waals surface area contributed by atoms with Crippen LogP contribution in [0.15, 0.2) is 29.9 Å². The van der Waals surface area contributed by atoms with Crippen LogP contribution in [0.3, 0.4) is 0 Å². The third-order valence-corrected chi connectivity index (χ3v) is 5.29. The third kappa shape index (κ3) is 2.41. The van der Waals surface area contributed by atoms with Crippen molar-refractivity contribution in [3.05, 3.63) is 41.0 Å². The molecule has 2 bridgehead atoms. The molecule has 3 atom stereocenters. The van der Waals surface area contributed by atoms with E-state index in [-0.39, 0.29) is 11.8 Å². The Morgan fingerprint density at radius 1 is 1.25 bits per heavy atom. The Balaban J connectivity index is 2.28. The first-order valence-corrected chi connectivity index (χ1v) is 8.29. The fraction of sp³-hybridized carbons (Fsp3) is 0.450. The first-order chi connectivity index (χ1) is 11.4. The summed E-state index contributed by atoms with van der Waals surface area (Å²) in [5.41, 5.74) is 5.56. The van der Waals surface area contributed by atoms with E-state index in [9.17, 15) is 4.79 Å². The second-order valence-electron chi connectivity index (χ2n) is 6.85. The van der Waals surface area contributed by atoms with E-state index in [1.165, 1.54) is 23.6 Å². The summed E-state index contributed by atoms with van der Waals surface area (Å²) in [5, 5.41) is 2.88. The normalized spacial score (nSPS) is 24.0. The molecule has 4 nitrogen and oxygen atoms in total. The van der Waals surface area contributed by atoms with Crippen molar-refractivity contribution in [2.45, 2.75) is 39.0 Å². The van der Waals surface area contributed by atoms with Crippen molar-refractivity contribution in [3.8, 4) is 11.5 Å². The van der Waals surface area contributed by atoms with E-state index in [0.29, 0.717) is 17.5 Å². The number of rotatable bonds is 4. The number of allylic oxidation sites excluding steroid dienone is 3. The monoisotopic (exact) mass is 327 g/mol. The zero-order valence-corrected chi connectivity index (χ0v) is 15.0. The molecular formula is C20H25NO3. The molecule has 1 N–H and O–H groups in total. The highest BCUT2D eigenvalue weighted by molar-refractivity contribution is 5.92. The molecule has 0 unspecified atom stereocenters. The minimum absolute atomic E-state index is 0.126. The fourth-order valence-corrected chi connectivity index (χ4v) is 4.28. The Labute approximate surface area is 143 Å². The van der Waals surface area contributed by atoms with Gasteiger partial charge in [-0.1, -0.05) is 23.8 Å². The quantitative estimate of drug-likeness (QED) is 0.835. The van der Waals surface area contributed by atoms with E-state index in [1.807, 2.05) is 6.07 Å². The number of amides is 1. The fourth-order valence-electron chi connectivity index (χ4n) is 4.28. The van der Waals surface area contributed by atoms with Gasteiger partial charge in [0.05, 0.1) is 19.9 Å². The molecule has 1 amide bonds. The van der Waals surface area contributed by atoms with Gasteiger partial charge in [-0.05, 0) is 26.2 Å². The summed E-state index contributed by atoms with van der Waals surface area (Å²) in [4.78, 5) is 11.6. The van der Waals surface area contributed by atoms with Crippen LogP contribution in [0, 0.1) is 5.92 Å². The number of methoxy groups -OCH3 is 2. The van der Waals surface area contributed by atoms with Crippen LogP contribution in [0.4, 0.5) is 5.69 Å². The molecule has 0 fully saturated rings. The van der Waals surface area contributed by atoms with Crippen molar-refractivity contribution in [2.75, 3.05) is 19.5 Å². The topological polar surface area (TPSA) is 47.6 Å². The number of carbonyl (C=O) groups is 1. The molecule has 128 valence electrons. The van der Waals surface area contributed by atoms with Crippen LogP contribution in [-0.4, -0.2) is 20.1 Å². The van der Waals surface area contributed by atoms with Crippen molar-refractivity contribution in [1.82, 2.24) is 0 Å². The number of fused-ring (bicyclic) bond motifs is 1. The number of hydrogen-bond acceptors (Lipinski definition) is 3. The zero-order chi connectivity index (χ0) is 17.6. The van der Waals surface area contributed by atoms with E-state index in [4.69, 9.17) is 9.47 Å². The second kappa shape index (κ2) is 6.00. The van der Waals surface area contributed by atoms with Gasteiger partial charge in [0.1, 0.15) is 11.5 Å². The van der Waals surface area contributed by atoms with Gasteiger partial charge in [0.25, 0.3) is 0 Å². The summed E-state index contributed by atoms with van der Waals surface area (Å²) in [6.07, 6.45) is 3.38. The molecule has 4 heteroatoms. The van der Waals surface area contributed by atoms with Crippen LogP contribution in [0.2, 0.25) is 0 Å². The average Bonchev–Trinajstić information content (AvgIpc) is 2.53. The van der Waals surface area contributed by atoms with Crippen molar-refractivity contribution in [3.63, 3.8) is 0 Å². The van der Waals surface area contributed by atoms with E-state index >= 15 is 0 Å². The number of ether oxygens (including phenoxy) is 2. The first-order valence-electron chi connectivity index (χ1n) is 8.29. The van der Waals surface area contributed by atoms with Gasteiger partial charge in [0.15, 0.2) is 0 Å². The standard InChI is InChI=1S/C20H25NO3/c1-10(2)13-8-14-11(3)7-15(13)19-18(14)17(23-5)9-16(20(19)24-6)21-12(4)22/h7,9,13-15H,1,8H2,2-6H3,(H,21,22)/t13-,14+,15+/m0/s1. The number of anilines is 1. The van der Waals surface area contributed by atoms with E-state index in [2.05, 4.69) is 31.8 Å². The first kappa shape index (κ1) is 16.6. The van der Waals surface area contributed by atoms with E-state index < -0.39 is 0 Å². The molecule has 0 heterocycles. The molecule has 0 aromatic heterocycles. The molecule has 24 heavy (non-hydrogen) atoms. The van der Waals surface area contributed by atoms with Crippen LogP contribution in [0.25, 0.3) is 0 Å². The van der Waals surface area contributed by atoms with Gasteiger partial charge < -0.3 is 14.8 Å². The molecular weight excluding hydrogens is 302 g/mol. The largest absolute Gasteiger partial charge is 0.496 e. The second-order valence-corrected chi connectivity index (χ2v) is 6.85. The molecule has 0 spiro atoms. The van der Waals surface area contributed by atoms with Gasteiger partial charge in [-0.25, -0.2) is 0 Å². The van der Waals surface area contributed by atoms with Gasteiger partial charge in [0, 0.05) is 36.0 Å². The van der Waals surface area contributed by atoms with Crippen molar-refractivity contribution >= 4 is 11.6 Å². The third-order valence-electron chi connectivity index (χ3n) is 5.29. The summed E-state index contributed by atoms with van der Waals surface area (Å²) < 4.78 is 11.4. The molecule has 1 aromatic rings. The SMILES string of the molecule is C=C(C)[C@@H]1C[C@@H]2C(C)=C[C@H]1c1c(OC)c(NC(C)=O)cc(OC)c12. The van der Waals surface area contributed by atoms with Crippen LogP contribution >= 0.6 is 0 Å². The van der Waals surface area contributed by atoms with Gasteiger partial charge in [-0.3, -0.25) is 4.79 Å². The lowest BCUT2D eigenvalue weighted by Crippen LogP contribution is -2.30. The summed E-state index contributed by atoms with van der Waals surface area (Å²) >= 11 is 0. The molecule has 0 saturated carbocycles. The van der Waals surface area contributed by atoms with Gasteiger partial charge in [0.2, 0.25) is 5.91 Å². The van der Waals surface area contributed by atoms with E-state index in [0.717, 1.165) is 23.5 Å². The molecule has 0 radical (unpaired) electrons. The Hall–Kier alpha value is -2.23. The van der Waals surface area contributed by atoms with Crippen LogP contribution < -0.4 is 14.8 Å². The van der Waals surface area contributed by atoms with E-state index in [1.54, 1.807) is 14.2 Å². The number of carbonyl (C=O) groups excluding carboxylic acids is 1. The summed E-state index contributed by atoms with van der Waals surface area (Å²) in [6, 6.07) is 1.88. The Bertz CT molecular complexity index is 748. The molecule has 0 saturated heterocycles. The number of benzene rings is 1. The van der Waals surface area contributed by atoms with Crippen LogP contribution in [0.5, 0.6) is 11.5 Å². The maximum atomic E-state index is 11.6. The van der Waals surface area contributed by atoms with Crippen LogP contribution in [-0.2, 0) is 4.79 Å². The molecule has 3 aliphatic rings. The summed E-state index contributed by atoms with van der Waals surface area (Å²) in [5.74, 6) is 2.33. The van der Waals surface area contributed by atoms with Crippen molar-refractivity contribution in [1.29, 1.82) is 0 Å². The highest BCUT2D eigenvalue weighted by atomic mass is 16.5. The summed E-state index contributed by atoms with van der Waals surface area (Å²) in [6.45, 7) is 9.97. The van der Waals surface area contributed by atoms with Gasteiger partial charge in [-0.2, -0.15) is 0 Å². The number of nitrogens with one attached hydrogen (secondary N) is 1. The lowest BCUT2D eigenvalue weighted by atomic mass is 9.61. The maximum Gasteiger partial charge on any atom is 0.221 e. The van der Waals surface area contributed by atoms with Crippen LogP contribution in [0.1, 0.15) is 50.2 Å². The minimum atomic E-state index is -0.126. The summed E-state index contributed by atoms with van der Waals surface area (Å²) in [7, 11) is 3.33. The predicted molar refractivity (Wildman–Crippen MR) is 96.0 cm³/mol. The highest BCUT2D eigenvalue weighted by Gasteiger charge is 2.43. The number of hydrogen-bond donors (Lipinski definition) is 1. The van der Waals surface area contributed by atoms with Crippen molar-refractivity contribution < 1.29 is 14.3 Å². The highest BCUT2D eigenvalue weighted by Crippen LogP contribution is 2.59. The molecule has 0 aliphatic heterocycles. The van der Waals surface area contributed by atoms with Crippen molar-refractivity contribution in [2.24, 2.45) is 5.92 Å². The minimum Gasteiger partial charge on any atom is -0.496 e. The van der Waals surface area contributed by atoms with Gasteiger partial charge in [-0.15, -0.1) is 0 Å². The average molecular weight is 327 g/mol. The lowest BCUT2D eigenvalue weighted by molar-refractivity contribution is -0.114. The molecule has 4 rings (SSSR count). The van der Waals surface area contributed by atoms with Gasteiger partial charge >= 0.3 is 0 Å². The molecule has 1 aromatic carbocycles. The predicted octanol–water partition coefficient (Wildman–Crippen LogP) is 4.39. The maximum absolute atomic E-state index is 11.6.